The van der Waals surface area contributed by atoms with Crippen LogP contribution in [-0.2, 0) is 22.5 Å². The number of thiazole rings is 1. The molecule has 1 amide bonds. The Morgan fingerprint density at radius 1 is 1.12 bits per heavy atom. The molecular formula is C22H23N3O7S. The molecule has 0 aliphatic heterocycles. The molecule has 0 aliphatic carbocycles. The van der Waals surface area contributed by atoms with Gasteiger partial charge in [-0.2, -0.15) is 4.99 Å². The maximum atomic E-state index is 13.1. The number of ether oxygens (including phenoxy) is 3. The molecule has 0 fully saturated rings. The maximum absolute atomic E-state index is 13.1. The summed E-state index contributed by atoms with van der Waals surface area (Å²) in [5.41, 5.74) is 1.07. The molecule has 0 radical (unpaired) electrons. The van der Waals surface area contributed by atoms with Gasteiger partial charge in [0, 0.05) is 6.07 Å². The Bertz CT molecular complexity index is 1290. The van der Waals surface area contributed by atoms with Crippen molar-refractivity contribution in [1.29, 1.82) is 0 Å². The number of nitrogens with zero attached hydrogens (tertiary/aromatic N) is 3. The normalized spacial score (nSPS) is 11.5. The third-order valence-corrected chi connectivity index (χ3v) is 5.92. The molecule has 0 spiro atoms. The van der Waals surface area contributed by atoms with E-state index in [0.29, 0.717) is 5.52 Å². The maximum Gasteiger partial charge on any atom is 0.326 e. The highest BCUT2D eigenvalue weighted by Crippen LogP contribution is 2.34. The lowest BCUT2D eigenvalue weighted by Crippen LogP contribution is -2.23. The second-order valence-corrected chi connectivity index (χ2v) is 7.84. The molecule has 0 saturated heterocycles. The van der Waals surface area contributed by atoms with E-state index >= 15 is 0 Å². The van der Waals surface area contributed by atoms with Gasteiger partial charge in [0.1, 0.15) is 12.1 Å². The molecule has 33 heavy (non-hydrogen) atoms. The van der Waals surface area contributed by atoms with Crippen LogP contribution in [-0.4, -0.2) is 42.2 Å². The van der Waals surface area contributed by atoms with Crippen molar-refractivity contribution < 1.29 is 28.7 Å². The summed E-state index contributed by atoms with van der Waals surface area (Å²) >= 11 is 1.21. The first kappa shape index (κ1) is 23.9. The molecule has 0 atom stereocenters. The van der Waals surface area contributed by atoms with Crippen molar-refractivity contribution in [3.63, 3.8) is 0 Å². The number of methoxy groups -OCH3 is 2. The highest BCUT2D eigenvalue weighted by atomic mass is 32.1. The van der Waals surface area contributed by atoms with Crippen molar-refractivity contribution in [3.8, 4) is 11.5 Å². The van der Waals surface area contributed by atoms with E-state index in [1.54, 1.807) is 11.5 Å². The fourth-order valence-electron chi connectivity index (χ4n) is 3.25. The zero-order valence-corrected chi connectivity index (χ0v) is 19.4. The van der Waals surface area contributed by atoms with E-state index in [9.17, 15) is 19.7 Å². The van der Waals surface area contributed by atoms with Crippen molar-refractivity contribution in [2.24, 2.45) is 4.99 Å². The topological polar surface area (TPSA) is 122 Å². The molecule has 2 aromatic carbocycles. The lowest BCUT2D eigenvalue weighted by Gasteiger charge is -2.09. The third-order valence-electron chi connectivity index (χ3n) is 4.87. The van der Waals surface area contributed by atoms with Gasteiger partial charge in [-0.1, -0.05) is 24.3 Å². The monoisotopic (exact) mass is 473 g/mol. The van der Waals surface area contributed by atoms with Crippen LogP contribution in [0, 0.1) is 10.1 Å². The number of rotatable bonds is 8. The molecule has 0 aliphatic rings. The zero-order chi connectivity index (χ0) is 24.1. The summed E-state index contributed by atoms with van der Waals surface area (Å²) in [4.78, 5) is 40.6. The van der Waals surface area contributed by atoms with Gasteiger partial charge in [0.15, 0.2) is 16.3 Å². The van der Waals surface area contributed by atoms with Crippen molar-refractivity contribution in [2.45, 2.75) is 26.8 Å². The molecule has 174 valence electrons. The number of aryl methyl sites for hydroxylation is 1. The van der Waals surface area contributed by atoms with E-state index in [1.807, 2.05) is 25.1 Å². The number of carbonyl (C=O) groups is 2. The molecule has 0 bridgehead atoms. The molecule has 11 heteroatoms. The number of nitro groups is 1. The molecule has 0 N–H and O–H groups in total. The molecule has 0 saturated carbocycles. The number of hydrogen-bond acceptors (Lipinski definition) is 8. The summed E-state index contributed by atoms with van der Waals surface area (Å²) in [5.74, 6) is -1.05. The van der Waals surface area contributed by atoms with Crippen LogP contribution in [0.15, 0.2) is 35.3 Å². The SMILES string of the molecule is CCOC(=O)Cn1c(=NC(=O)c2cc(OC)c(OC)cc2[N+](=O)[O-])sc2cc(CC)ccc21. The summed E-state index contributed by atoms with van der Waals surface area (Å²) in [6.07, 6.45) is 0.814. The first-order valence-electron chi connectivity index (χ1n) is 10.1. The van der Waals surface area contributed by atoms with Crippen molar-refractivity contribution in [2.75, 3.05) is 20.8 Å². The number of aromatic nitrogens is 1. The molecular weight excluding hydrogens is 450 g/mol. The number of nitro benzene ring substituents is 1. The van der Waals surface area contributed by atoms with E-state index < -0.39 is 22.5 Å². The average molecular weight is 474 g/mol. The minimum Gasteiger partial charge on any atom is -0.493 e. The van der Waals surface area contributed by atoms with Crippen molar-refractivity contribution in [1.82, 2.24) is 4.57 Å². The van der Waals surface area contributed by atoms with E-state index in [-0.39, 0.29) is 35.0 Å². The highest BCUT2D eigenvalue weighted by Gasteiger charge is 2.25. The fraction of sp³-hybridized carbons (Fsp3) is 0.318. The van der Waals surface area contributed by atoms with Gasteiger partial charge in [0.05, 0.1) is 42.0 Å². The van der Waals surface area contributed by atoms with E-state index in [0.717, 1.165) is 22.8 Å². The number of carbonyl (C=O) groups excluding carboxylic acids is 2. The van der Waals surface area contributed by atoms with Crippen LogP contribution in [0.5, 0.6) is 11.5 Å². The number of fused-ring (bicyclic) bond motifs is 1. The zero-order valence-electron chi connectivity index (χ0n) is 18.6. The second kappa shape index (κ2) is 10.3. The lowest BCUT2D eigenvalue weighted by molar-refractivity contribution is -0.385. The lowest BCUT2D eigenvalue weighted by atomic mass is 10.1. The van der Waals surface area contributed by atoms with E-state index in [1.165, 1.54) is 31.6 Å². The highest BCUT2D eigenvalue weighted by molar-refractivity contribution is 7.16. The molecule has 1 aromatic heterocycles. The Hall–Kier alpha value is -3.73. The van der Waals surface area contributed by atoms with Crippen LogP contribution in [0.4, 0.5) is 5.69 Å². The predicted octanol–water partition coefficient (Wildman–Crippen LogP) is 3.49. The summed E-state index contributed by atoms with van der Waals surface area (Å²) < 4.78 is 17.7. The predicted molar refractivity (Wildman–Crippen MR) is 122 cm³/mol. The Balaban J connectivity index is 2.20. The second-order valence-electron chi connectivity index (χ2n) is 6.83. The van der Waals surface area contributed by atoms with Crippen LogP contribution < -0.4 is 14.3 Å². The van der Waals surface area contributed by atoms with Gasteiger partial charge < -0.3 is 18.8 Å². The van der Waals surface area contributed by atoms with Gasteiger partial charge in [-0.3, -0.25) is 19.7 Å². The van der Waals surface area contributed by atoms with Crippen molar-refractivity contribution in [3.05, 3.63) is 56.4 Å². The summed E-state index contributed by atoms with van der Waals surface area (Å²) in [6.45, 7) is 3.78. The minimum absolute atomic E-state index is 0.118. The standard InChI is InChI=1S/C22H23N3O7S/c1-5-13-7-8-15-19(9-13)33-22(24(15)12-20(26)32-6-2)23-21(27)14-10-17(30-3)18(31-4)11-16(14)25(28)29/h7-11H,5-6,12H2,1-4H3. The Kier molecular flexibility index (Phi) is 7.44. The summed E-state index contributed by atoms with van der Waals surface area (Å²) in [5, 5.41) is 11.6. The van der Waals surface area contributed by atoms with Gasteiger partial charge in [-0.05, 0) is 31.0 Å². The Morgan fingerprint density at radius 3 is 2.42 bits per heavy atom. The minimum atomic E-state index is -0.845. The van der Waals surface area contributed by atoms with Crippen LogP contribution in [0.1, 0.15) is 29.8 Å². The summed E-state index contributed by atoms with van der Waals surface area (Å²) in [6, 6.07) is 8.09. The fourth-order valence-corrected chi connectivity index (χ4v) is 4.34. The van der Waals surface area contributed by atoms with Crippen molar-refractivity contribution >= 4 is 39.1 Å². The van der Waals surface area contributed by atoms with Crippen LogP contribution in [0.25, 0.3) is 10.2 Å². The largest absolute Gasteiger partial charge is 0.493 e. The number of benzene rings is 2. The number of esters is 1. The molecule has 10 nitrogen and oxygen atoms in total. The van der Waals surface area contributed by atoms with Gasteiger partial charge in [0.25, 0.3) is 11.6 Å². The van der Waals surface area contributed by atoms with Crippen LogP contribution >= 0.6 is 11.3 Å². The van der Waals surface area contributed by atoms with Gasteiger partial charge >= 0.3 is 5.97 Å². The van der Waals surface area contributed by atoms with E-state index in [4.69, 9.17) is 14.2 Å². The first-order chi connectivity index (χ1) is 15.8. The van der Waals surface area contributed by atoms with Crippen LogP contribution in [0.3, 0.4) is 0 Å². The quantitative estimate of drug-likeness (QED) is 0.279. The smallest absolute Gasteiger partial charge is 0.326 e. The molecule has 0 unspecified atom stereocenters. The average Bonchev–Trinajstić information content (AvgIpc) is 3.13. The number of hydrogen-bond donors (Lipinski definition) is 0. The Morgan fingerprint density at radius 2 is 1.82 bits per heavy atom. The Labute approximate surface area is 193 Å². The number of amides is 1. The molecule has 3 aromatic rings. The third kappa shape index (κ3) is 5.03. The molecule has 3 rings (SSSR count). The molecule has 1 heterocycles. The first-order valence-corrected chi connectivity index (χ1v) is 10.9. The van der Waals surface area contributed by atoms with E-state index in [2.05, 4.69) is 4.99 Å². The summed E-state index contributed by atoms with van der Waals surface area (Å²) in [7, 11) is 2.70. The van der Waals surface area contributed by atoms with Crippen LogP contribution in [0.2, 0.25) is 0 Å². The van der Waals surface area contributed by atoms with Gasteiger partial charge in [-0.15, -0.1) is 0 Å². The van der Waals surface area contributed by atoms with Gasteiger partial charge in [0.2, 0.25) is 0 Å². The van der Waals surface area contributed by atoms with Gasteiger partial charge in [-0.25, -0.2) is 0 Å².